The van der Waals surface area contributed by atoms with E-state index in [1.807, 2.05) is 25.2 Å². The van der Waals surface area contributed by atoms with Gasteiger partial charge in [-0.25, -0.2) is 0 Å². The van der Waals surface area contributed by atoms with E-state index in [9.17, 15) is 10.1 Å². The van der Waals surface area contributed by atoms with Gasteiger partial charge in [0.05, 0.1) is 11.5 Å². The second kappa shape index (κ2) is 7.71. The van der Waals surface area contributed by atoms with Gasteiger partial charge in [-0.05, 0) is 32.4 Å². The van der Waals surface area contributed by atoms with E-state index in [1.54, 1.807) is 0 Å². The molecule has 1 saturated heterocycles. The van der Waals surface area contributed by atoms with Gasteiger partial charge in [0.15, 0.2) is 0 Å². The van der Waals surface area contributed by atoms with Crippen LogP contribution in [0.3, 0.4) is 0 Å². The van der Waals surface area contributed by atoms with Crippen LogP contribution in [0.1, 0.15) is 43.1 Å². The second-order valence-corrected chi connectivity index (χ2v) is 6.44. The summed E-state index contributed by atoms with van der Waals surface area (Å²) in [6, 6.07) is 10.6. The molecule has 134 valence electrons. The maximum atomic E-state index is 10.8. The molecule has 3 atom stereocenters. The smallest absolute Gasteiger partial charge is 0.316 e. The van der Waals surface area contributed by atoms with E-state index in [4.69, 9.17) is 9.26 Å². The van der Waals surface area contributed by atoms with Crippen LogP contribution in [0.15, 0.2) is 34.9 Å². The Hall–Kier alpha value is -2.32. The Labute approximate surface area is 145 Å². The molecule has 1 aliphatic rings. The molecule has 2 aromatic rings. The number of benzene rings is 1. The molecule has 2 heterocycles. The SMILES string of the molecule is CC(Cc1ccccc1)N(C)Cc1nc(C2CCC([N+](=O)[O-])O2)no1. The zero-order valence-corrected chi connectivity index (χ0v) is 14.4. The van der Waals surface area contributed by atoms with Crippen molar-refractivity contribution < 1.29 is 14.2 Å². The number of likely N-dealkylation sites (N-methyl/N-ethyl adjacent to an activating group) is 1. The molecule has 0 aliphatic carbocycles. The van der Waals surface area contributed by atoms with Crippen molar-refractivity contribution in [1.82, 2.24) is 15.0 Å². The summed E-state index contributed by atoms with van der Waals surface area (Å²) in [4.78, 5) is 16.8. The molecule has 0 saturated carbocycles. The van der Waals surface area contributed by atoms with Crippen LogP contribution in [0.25, 0.3) is 0 Å². The van der Waals surface area contributed by atoms with Gasteiger partial charge in [0, 0.05) is 12.5 Å². The van der Waals surface area contributed by atoms with Crippen molar-refractivity contribution in [3.63, 3.8) is 0 Å². The van der Waals surface area contributed by atoms with Crippen LogP contribution in [-0.2, 0) is 17.7 Å². The number of hydrogen-bond donors (Lipinski definition) is 0. The third-order valence-corrected chi connectivity index (χ3v) is 4.52. The lowest BCUT2D eigenvalue weighted by Gasteiger charge is -2.23. The molecule has 1 aromatic heterocycles. The van der Waals surface area contributed by atoms with E-state index in [0.717, 1.165) is 6.42 Å². The normalized spacial score (nSPS) is 21.6. The monoisotopic (exact) mass is 346 g/mol. The topological polar surface area (TPSA) is 94.5 Å². The van der Waals surface area contributed by atoms with Crippen LogP contribution in [-0.4, -0.2) is 39.3 Å². The summed E-state index contributed by atoms with van der Waals surface area (Å²) < 4.78 is 10.6. The van der Waals surface area contributed by atoms with Crippen molar-refractivity contribution in [3.05, 3.63) is 57.7 Å². The Morgan fingerprint density at radius 1 is 1.36 bits per heavy atom. The highest BCUT2D eigenvalue weighted by molar-refractivity contribution is 5.15. The Morgan fingerprint density at radius 2 is 2.12 bits per heavy atom. The summed E-state index contributed by atoms with van der Waals surface area (Å²) in [5.74, 6) is 0.883. The lowest BCUT2D eigenvalue weighted by atomic mass is 10.1. The third-order valence-electron chi connectivity index (χ3n) is 4.52. The Bertz CT molecular complexity index is 706. The molecule has 0 bridgehead atoms. The fourth-order valence-corrected chi connectivity index (χ4v) is 2.91. The van der Waals surface area contributed by atoms with Crippen LogP contribution in [0.5, 0.6) is 0 Å². The summed E-state index contributed by atoms with van der Waals surface area (Å²) in [6.45, 7) is 2.67. The maximum absolute atomic E-state index is 10.8. The Morgan fingerprint density at radius 3 is 2.80 bits per heavy atom. The van der Waals surface area contributed by atoms with E-state index < -0.39 is 17.3 Å². The van der Waals surface area contributed by atoms with E-state index in [1.165, 1.54) is 5.56 Å². The Kier molecular flexibility index (Phi) is 5.40. The van der Waals surface area contributed by atoms with Crippen LogP contribution in [0, 0.1) is 10.1 Å². The van der Waals surface area contributed by atoms with Crippen molar-refractivity contribution in [3.8, 4) is 0 Å². The minimum absolute atomic E-state index is 0.305. The van der Waals surface area contributed by atoms with Gasteiger partial charge in [0.1, 0.15) is 6.10 Å². The van der Waals surface area contributed by atoms with E-state index in [2.05, 4.69) is 34.1 Å². The molecular weight excluding hydrogens is 324 g/mol. The highest BCUT2D eigenvalue weighted by Crippen LogP contribution is 2.31. The molecule has 8 heteroatoms. The van der Waals surface area contributed by atoms with Gasteiger partial charge in [0.2, 0.25) is 11.7 Å². The Balaban J connectivity index is 1.55. The third kappa shape index (κ3) is 4.40. The number of rotatable bonds is 7. The first-order chi connectivity index (χ1) is 12.0. The summed E-state index contributed by atoms with van der Waals surface area (Å²) in [5, 5.41) is 14.7. The van der Waals surface area contributed by atoms with E-state index in [0.29, 0.717) is 37.1 Å². The maximum Gasteiger partial charge on any atom is 0.316 e. The van der Waals surface area contributed by atoms with Gasteiger partial charge in [0.25, 0.3) is 0 Å². The van der Waals surface area contributed by atoms with Crippen LogP contribution >= 0.6 is 0 Å². The average molecular weight is 346 g/mol. The second-order valence-electron chi connectivity index (χ2n) is 6.44. The van der Waals surface area contributed by atoms with Crippen LogP contribution in [0.2, 0.25) is 0 Å². The molecule has 3 unspecified atom stereocenters. The van der Waals surface area contributed by atoms with Crippen molar-refractivity contribution in [2.24, 2.45) is 0 Å². The number of ether oxygens (including phenoxy) is 1. The quantitative estimate of drug-likeness (QED) is 0.561. The minimum atomic E-state index is -0.972. The molecule has 3 rings (SSSR count). The zero-order chi connectivity index (χ0) is 17.8. The van der Waals surface area contributed by atoms with Crippen molar-refractivity contribution in [2.75, 3.05) is 7.05 Å². The van der Waals surface area contributed by atoms with E-state index in [-0.39, 0.29) is 0 Å². The summed E-state index contributed by atoms with van der Waals surface area (Å²) in [7, 11) is 2.01. The first kappa shape index (κ1) is 17.5. The number of nitro groups is 1. The largest absolute Gasteiger partial charge is 0.338 e. The molecular formula is C17H22N4O4. The van der Waals surface area contributed by atoms with Gasteiger partial charge in [-0.1, -0.05) is 35.5 Å². The average Bonchev–Trinajstić information content (AvgIpc) is 3.24. The highest BCUT2D eigenvalue weighted by Gasteiger charge is 2.36. The molecule has 0 N–H and O–H groups in total. The minimum Gasteiger partial charge on any atom is -0.338 e. The van der Waals surface area contributed by atoms with Crippen molar-refractivity contribution in [2.45, 2.75) is 51.1 Å². The number of aromatic nitrogens is 2. The fourth-order valence-electron chi connectivity index (χ4n) is 2.91. The number of nitrogens with zero attached hydrogens (tertiary/aromatic N) is 4. The molecule has 0 spiro atoms. The molecule has 8 nitrogen and oxygen atoms in total. The molecule has 1 fully saturated rings. The molecule has 1 aromatic carbocycles. The standard InChI is InChI=1S/C17H22N4O4/c1-12(10-13-6-4-3-5-7-13)20(2)11-15-18-17(19-25-15)14-8-9-16(24-14)21(22)23/h3-7,12,14,16H,8-11H2,1-2H3. The highest BCUT2D eigenvalue weighted by atomic mass is 16.7. The lowest BCUT2D eigenvalue weighted by molar-refractivity contribution is -0.572. The first-order valence-electron chi connectivity index (χ1n) is 8.38. The van der Waals surface area contributed by atoms with Gasteiger partial charge in [-0.3, -0.25) is 15.0 Å². The zero-order valence-electron chi connectivity index (χ0n) is 14.4. The molecule has 0 amide bonds. The predicted octanol–water partition coefficient (Wildman–Crippen LogP) is 2.59. The molecule has 25 heavy (non-hydrogen) atoms. The van der Waals surface area contributed by atoms with Gasteiger partial charge < -0.3 is 9.26 Å². The van der Waals surface area contributed by atoms with E-state index >= 15 is 0 Å². The summed E-state index contributed by atoms with van der Waals surface area (Å²) in [5.41, 5.74) is 1.28. The van der Waals surface area contributed by atoms with Crippen molar-refractivity contribution in [1.29, 1.82) is 0 Å². The van der Waals surface area contributed by atoms with Gasteiger partial charge in [-0.2, -0.15) is 4.98 Å². The molecule has 0 radical (unpaired) electrons. The van der Waals surface area contributed by atoms with Crippen molar-refractivity contribution >= 4 is 0 Å². The lowest BCUT2D eigenvalue weighted by Crippen LogP contribution is -2.30. The number of hydrogen-bond acceptors (Lipinski definition) is 7. The van der Waals surface area contributed by atoms with Gasteiger partial charge in [-0.15, -0.1) is 0 Å². The fraction of sp³-hybridized carbons (Fsp3) is 0.529. The predicted molar refractivity (Wildman–Crippen MR) is 89.2 cm³/mol. The first-order valence-corrected chi connectivity index (χ1v) is 8.38. The van der Waals surface area contributed by atoms with Crippen LogP contribution in [0.4, 0.5) is 0 Å². The molecule has 1 aliphatic heterocycles. The summed E-state index contributed by atoms with van der Waals surface area (Å²) >= 11 is 0. The summed E-state index contributed by atoms with van der Waals surface area (Å²) in [6.07, 6.45) is 0.398. The van der Waals surface area contributed by atoms with Crippen LogP contribution < -0.4 is 0 Å². The van der Waals surface area contributed by atoms with Gasteiger partial charge >= 0.3 is 6.23 Å².